The Balaban J connectivity index is 1.73. The highest BCUT2D eigenvalue weighted by molar-refractivity contribution is 7.22. The summed E-state index contributed by atoms with van der Waals surface area (Å²) >= 11 is 1.81. The summed E-state index contributed by atoms with van der Waals surface area (Å²) in [6.07, 6.45) is 0. The van der Waals surface area contributed by atoms with Gasteiger partial charge in [-0.25, -0.2) is 4.98 Å². The van der Waals surface area contributed by atoms with E-state index in [2.05, 4.69) is 80.6 Å². The maximum absolute atomic E-state index is 4.85. The van der Waals surface area contributed by atoms with Crippen LogP contribution in [0.4, 0.5) is 0 Å². The Morgan fingerprint density at radius 3 is 2.25 bits per heavy atom. The number of fused-ring (bicyclic) bond motifs is 1. The summed E-state index contributed by atoms with van der Waals surface area (Å²) in [5.41, 5.74) is 5.91. The summed E-state index contributed by atoms with van der Waals surface area (Å²) in [7, 11) is 0. The third-order valence-corrected chi connectivity index (χ3v) is 5.44. The van der Waals surface area contributed by atoms with Gasteiger partial charge in [0, 0.05) is 10.4 Å². The van der Waals surface area contributed by atoms with Crippen LogP contribution in [0.1, 0.15) is 25.3 Å². The molecule has 0 amide bonds. The lowest BCUT2D eigenvalue weighted by Gasteiger charge is -2.05. The first-order chi connectivity index (χ1) is 11.7. The first-order valence-electron chi connectivity index (χ1n) is 8.27. The molecule has 2 heterocycles. The van der Waals surface area contributed by atoms with Gasteiger partial charge in [-0.3, -0.25) is 0 Å². The molecule has 0 bridgehead atoms. The quantitative estimate of drug-likeness (QED) is 0.405. The molecule has 2 aromatic carbocycles. The molecule has 0 saturated carbocycles. The summed E-state index contributed by atoms with van der Waals surface area (Å²) in [6.45, 7) is 4.45. The smallest absolute Gasteiger partial charge is 0.0823 e. The Hall–Kier alpha value is -2.45. The molecule has 1 nitrogen and oxygen atoms in total. The number of nitrogens with zero attached hydrogens (tertiary/aromatic N) is 1. The molecule has 0 aliphatic heterocycles. The highest BCUT2D eigenvalue weighted by Gasteiger charge is 2.08. The molecule has 0 unspecified atom stereocenters. The lowest BCUT2D eigenvalue weighted by Crippen LogP contribution is -1.85. The number of aromatic nitrogens is 1. The van der Waals surface area contributed by atoms with Crippen LogP contribution in [0.15, 0.2) is 72.8 Å². The van der Waals surface area contributed by atoms with Gasteiger partial charge in [0.15, 0.2) is 0 Å². The molecule has 0 N–H and O–H groups in total. The number of rotatable bonds is 3. The molecule has 0 radical (unpaired) electrons. The molecule has 4 rings (SSSR count). The average molecular weight is 329 g/mol. The summed E-state index contributed by atoms with van der Waals surface area (Å²) in [4.78, 5) is 6.12. The van der Waals surface area contributed by atoms with Crippen LogP contribution in [-0.4, -0.2) is 4.98 Å². The van der Waals surface area contributed by atoms with Crippen molar-refractivity contribution in [1.82, 2.24) is 4.98 Å². The molecule has 0 aliphatic carbocycles. The van der Waals surface area contributed by atoms with E-state index in [9.17, 15) is 0 Å². The third kappa shape index (κ3) is 2.85. The Morgan fingerprint density at radius 1 is 0.792 bits per heavy atom. The lowest BCUT2D eigenvalue weighted by atomic mass is 10.0. The maximum Gasteiger partial charge on any atom is 0.0823 e. The zero-order valence-electron chi connectivity index (χ0n) is 13.9. The van der Waals surface area contributed by atoms with E-state index in [0.717, 1.165) is 16.8 Å². The SMILES string of the molecule is CC(C)c1ccc(-c2cc3nc(-c4ccccc4)ccc3s2)cc1. The third-order valence-electron chi connectivity index (χ3n) is 4.31. The van der Waals surface area contributed by atoms with E-state index in [1.54, 1.807) is 11.3 Å². The normalized spacial score (nSPS) is 11.3. The molecular formula is C22H19NS. The van der Waals surface area contributed by atoms with E-state index in [0.29, 0.717) is 5.92 Å². The van der Waals surface area contributed by atoms with Crippen molar-refractivity contribution in [2.24, 2.45) is 0 Å². The fourth-order valence-electron chi connectivity index (χ4n) is 2.87. The molecule has 2 heteroatoms. The van der Waals surface area contributed by atoms with Gasteiger partial charge in [-0.2, -0.15) is 0 Å². The van der Waals surface area contributed by atoms with Gasteiger partial charge in [0.2, 0.25) is 0 Å². The minimum Gasteiger partial charge on any atom is -0.247 e. The van der Waals surface area contributed by atoms with Crippen LogP contribution in [0.5, 0.6) is 0 Å². The molecule has 0 saturated heterocycles. The number of benzene rings is 2. The van der Waals surface area contributed by atoms with E-state index < -0.39 is 0 Å². The Labute approximate surface area is 146 Å². The number of thiophene rings is 1. The Morgan fingerprint density at radius 2 is 1.54 bits per heavy atom. The van der Waals surface area contributed by atoms with Gasteiger partial charge in [0.05, 0.1) is 15.9 Å². The second-order valence-electron chi connectivity index (χ2n) is 6.33. The van der Waals surface area contributed by atoms with Crippen LogP contribution < -0.4 is 0 Å². The van der Waals surface area contributed by atoms with Crippen molar-refractivity contribution in [2.75, 3.05) is 0 Å². The molecule has 118 valence electrons. The second-order valence-corrected chi connectivity index (χ2v) is 7.42. The summed E-state index contributed by atoms with van der Waals surface area (Å²) in [6, 6.07) is 25.7. The molecule has 24 heavy (non-hydrogen) atoms. The molecule has 0 atom stereocenters. The summed E-state index contributed by atoms with van der Waals surface area (Å²) in [5, 5.41) is 0. The standard InChI is InChI=1S/C22H19NS/c1-15(2)16-8-10-18(11-9-16)22-14-20-21(24-22)13-12-19(23-20)17-6-4-3-5-7-17/h3-15H,1-2H3. The van der Waals surface area contributed by atoms with Gasteiger partial charge in [-0.1, -0.05) is 68.4 Å². The molecule has 0 spiro atoms. The molecule has 2 aromatic heterocycles. The van der Waals surface area contributed by atoms with E-state index in [1.165, 1.54) is 20.7 Å². The zero-order valence-corrected chi connectivity index (χ0v) is 14.7. The molecule has 4 aromatic rings. The van der Waals surface area contributed by atoms with Crippen LogP contribution in [0.2, 0.25) is 0 Å². The number of pyridine rings is 1. The number of hydrogen-bond acceptors (Lipinski definition) is 2. The van der Waals surface area contributed by atoms with Crippen molar-refractivity contribution in [3.63, 3.8) is 0 Å². The van der Waals surface area contributed by atoms with E-state index >= 15 is 0 Å². The molecule has 0 fully saturated rings. The second kappa shape index (κ2) is 6.21. The Bertz CT molecular complexity index is 966. The lowest BCUT2D eigenvalue weighted by molar-refractivity contribution is 0.867. The molecular weight excluding hydrogens is 310 g/mol. The Kier molecular flexibility index (Phi) is 3.91. The first kappa shape index (κ1) is 15.1. The van der Waals surface area contributed by atoms with Gasteiger partial charge in [0.25, 0.3) is 0 Å². The monoisotopic (exact) mass is 329 g/mol. The van der Waals surface area contributed by atoms with Crippen molar-refractivity contribution in [3.8, 4) is 21.7 Å². The van der Waals surface area contributed by atoms with Crippen molar-refractivity contribution < 1.29 is 0 Å². The van der Waals surface area contributed by atoms with E-state index in [1.807, 2.05) is 6.07 Å². The summed E-state index contributed by atoms with van der Waals surface area (Å²) in [5.74, 6) is 0.566. The highest BCUT2D eigenvalue weighted by atomic mass is 32.1. The van der Waals surface area contributed by atoms with Gasteiger partial charge >= 0.3 is 0 Å². The van der Waals surface area contributed by atoms with Gasteiger partial charge < -0.3 is 0 Å². The summed E-state index contributed by atoms with van der Waals surface area (Å²) < 4.78 is 1.23. The minimum atomic E-state index is 0.566. The number of hydrogen-bond donors (Lipinski definition) is 0. The fraction of sp³-hybridized carbons (Fsp3) is 0.136. The van der Waals surface area contributed by atoms with Crippen molar-refractivity contribution in [1.29, 1.82) is 0 Å². The highest BCUT2D eigenvalue weighted by Crippen LogP contribution is 2.34. The van der Waals surface area contributed by atoms with Crippen LogP contribution >= 0.6 is 11.3 Å². The largest absolute Gasteiger partial charge is 0.247 e. The first-order valence-corrected chi connectivity index (χ1v) is 9.09. The van der Waals surface area contributed by atoms with Crippen molar-refractivity contribution in [3.05, 3.63) is 78.4 Å². The van der Waals surface area contributed by atoms with Crippen LogP contribution in [0, 0.1) is 0 Å². The predicted octanol–water partition coefficient (Wildman–Crippen LogP) is 6.75. The van der Waals surface area contributed by atoms with Crippen LogP contribution in [0.3, 0.4) is 0 Å². The van der Waals surface area contributed by atoms with Gasteiger partial charge in [-0.05, 0) is 35.2 Å². The predicted molar refractivity (Wildman–Crippen MR) is 105 cm³/mol. The average Bonchev–Trinajstić information content (AvgIpc) is 3.06. The fourth-order valence-corrected chi connectivity index (χ4v) is 3.87. The maximum atomic E-state index is 4.85. The van der Waals surface area contributed by atoms with Gasteiger partial charge in [0.1, 0.15) is 0 Å². The van der Waals surface area contributed by atoms with E-state index in [-0.39, 0.29) is 0 Å². The van der Waals surface area contributed by atoms with Crippen LogP contribution in [0.25, 0.3) is 31.9 Å². The van der Waals surface area contributed by atoms with Gasteiger partial charge in [-0.15, -0.1) is 11.3 Å². The van der Waals surface area contributed by atoms with Crippen molar-refractivity contribution in [2.45, 2.75) is 19.8 Å². The zero-order chi connectivity index (χ0) is 16.5. The molecule has 0 aliphatic rings. The van der Waals surface area contributed by atoms with Crippen LogP contribution in [-0.2, 0) is 0 Å². The minimum absolute atomic E-state index is 0.566. The van der Waals surface area contributed by atoms with Crippen molar-refractivity contribution >= 4 is 21.6 Å². The van der Waals surface area contributed by atoms with E-state index in [4.69, 9.17) is 4.98 Å². The topological polar surface area (TPSA) is 12.9 Å².